The minimum Gasteiger partial charge on any atom is -0.358 e. The molecule has 1 saturated heterocycles. The standard InChI is InChI=1S/C26H30BrCl2N5O3/c27-21-15-33(30-24(21)34(36)37)26-11-17-7-18(12-26)10-25(9-17,16-26)13-23(35)32-5-3-31(4-6-32)14-19-1-2-20(28)8-22(19)29/h1-2,8,15,17-18H,3-7,9-14,16H2. The molecule has 5 aliphatic rings. The zero-order valence-corrected chi connectivity index (χ0v) is 23.6. The molecule has 2 heterocycles. The Balaban J connectivity index is 1.12. The van der Waals surface area contributed by atoms with Gasteiger partial charge >= 0.3 is 5.82 Å². The Labute approximate surface area is 234 Å². The van der Waals surface area contributed by atoms with Crippen molar-refractivity contribution in [3.8, 4) is 0 Å². The first kappa shape index (κ1) is 25.6. The zero-order chi connectivity index (χ0) is 25.9. The molecule has 8 nitrogen and oxygen atoms in total. The third-order valence-electron chi connectivity index (χ3n) is 9.12. The maximum absolute atomic E-state index is 13.6. The monoisotopic (exact) mass is 609 g/mol. The Hall–Kier alpha value is -1.68. The van der Waals surface area contributed by atoms with Crippen molar-refractivity contribution in [1.29, 1.82) is 0 Å². The van der Waals surface area contributed by atoms with Crippen LogP contribution in [0, 0.1) is 27.4 Å². The number of piperazine rings is 1. The lowest BCUT2D eigenvalue weighted by molar-refractivity contribution is -0.390. The van der Waals surface area contributed by atoms with Crippen LogP contribution in [0.25, 0.3) is 0 Å². The molecule has 0 spiro atoms. The number of nitro groups is 1. The minimum absolute atomic E-state index is 0.0393. The van der Waals surface area contributed by atoms with Crippen molar-refractivity contribution in [2.75, 3.05) is 26.2 Å². The first-order valence-corrected chi connectivity index (χ1v) is 14.5. The first-order chi connectivity index (χ1) is 17.6. The summed E-state index contributed by atoms with van der Waals surface area (Å²) in [4.78, 5) is 28.9. The van der Waals surface area contributed by atoms with Crippen LogP contribution in [0.4, 0.5) is 5.82 Å². The van der Waals surface area contributed by atoms with Gasteiger partial charge in [-0.05, 0) is 94.3 Å². The van der Waals surface area contributed by atoms with E-state index >= 15 is 0 Å². The van der Waals surface area contributed by atoms with Gasteiger partial charge in [-0.3, -0.25) is 9.69 Å². The van der Waals surface area contributed by atoms with Crippen LogP contribution in [0.15, 0.2) is 28.9 Å². The number of hydrogen-bond acceptors (Lipinski definition) is 5. The van der Waals surface area contributed by atoms with Crippen LogP contribution in [-0.2, 0) is 16.9 Å². The Morgan fingerprint density at radius 3 is 2.46 bits per heavy atom. The minimum atomic E-state index is -0.430. The van der Waals surface area contributed by atoms with Gasteiger partial charge in [0.25, 0.3) is 0 Å². The van der Waals surface area contributed by atoms with E-state index in [2.05, 4.69) is 25.9 Å². The highest BCUT2D eigenvalue weighted by Gasteiger charge is 2.60. The smallest absolute Gasteiger partial charge is 0.358 e. The Morgan fingerprint density at radius 1 is 1.14 bits per heavy atom. The summed E-state index contributed by atoms with van der Waals surface area (Å²) in [5.41, 5.74) is 0.787. The number of benzene rings is 1. The molecular formula is C26H30BrCl2N5O3. The van der Waals surface area contributed by atoms with E-state index in [-0.39, 0.29) is 22.7 Å². The maximum Gasteiger partial charge on any atom is 0.404 e. The van der Waals surface area contributed by atoms with E-state index in [0.29, 0.717) is 32.8 Å². The lowest BCUT2D eigenvalue weighted by Gasteiger charge is -2.61. The highest BCUT2D eigenvalue weighted by Crippen LogP contribution is 2.65. The number of carbonyl (C=O) groups excluding carboxylic acids is 1. The maximum atomic E-state index is 13.6. The molecule has 2 atom stereocenters. The van der Waals surface area contributed by atoms with Crippen molar-refractivity contribution in [2.24, 2.45) is 17.3 Å². The molecular weight excluding hydrogens is 581 g/mol. The molecule has 1 aromatic heterocycles. The van der Waals surface area contributed by atoms with Gasteiger partial charge in [-0.1, -0.05) is 29.3 Å². The highest BCUT2D eigenvalue weighted by atomic mass is 79.9. The summed E-state index contributed by atoms with van der Waals surface area (Å²) in [6.07, 6.45) is 8.58. The van der Waals surface area contributed by atoms with Gasteiger partial charge in [0.15, 0.2) is 0 Å². The van der Waals surface area contributed by atoms with Gasteiger partial charge in [-0.2, -0.15) is 4.68 Å². The lowest BCUT2D eigenvalue weighted by Crippen LogP contribution is -2.58. The fraction of sp³-hybridized carbons (Fsp3) is 0.615. The van der Waals surface area contributed by atoms with Gasteiger partial charge in [0.05, 0.1) is 16.8 Å². The lowest BCUT2D eigenvalue weighted by atomic mass is 9.46. The molecule has 0 N–H and O–H groups in total. The largest absolute Gasteiger partial charge is 0.404 e. The molecule has 2 aromatic rings. The Kier molecular flexibility index (Phi) is 6.57. The molecule has 4 bridgehead atoms. The fourth-order valence-electron chi connectivity index (χ4n) is 8.07. The van der Waals surface area contributed by atoms with Gasteiger partial charge in [0, 0.05) is 49.2 Å². The topological polar surface area (TPSA) is 84.5 Å². The summed E-state index contributed by atoms with van der Waals surface area (Å²) >= 11 is 15.7. The van der Waals surface area contributed by atoms with E-state index in [0.717, 1.165) is 70.4 Å². The number of nitrogens with zero attached hydrogens (tertiary/aromatic N) is 5. The van der Waals surface area contributed by atoms with Crippen LogP contribution >= 0.6 is 39.1 Å². The number of hydrogen-bond donors (Lipinski definition) is 0. The van der Waals surface area contributed by atoms with Gasteiger partial charge in [-0.25, -0.2) is 0 Å². The second-order valence-corrected chi connectivity index (χ2v) is 13.5. The average molecular weight is 611 g/mol. The molecule has 2 unspecified atom stereocenters. The van der Waals surface area contributed by atoms with Crippen LogP contribution in [-0.4, -0.2) is 56.6 Å². The van der Waals surface area contributed by atoms with Crippen molar-refractivity contribution in [2.45, 2.75) is 57.0 Å². The van der Waals surface area contributed by atoms with Crippen molar-refractivity contribution in [1.82, 2.24) is 19.6 Å². The quantitative estimate of drug-likeness (QED) is 0.301. The van der Waals surface area contributed by atoms with Gasteiger partial charge in [0.2, 0.25) is 5.91 Å². The third-order valence-corrected chi connectivity index (χ3v) is 10.3. The molecule has 11 heteroatoms. The van der Waals surface area contributed by atoms with Crippen molar-refractivity contribution < 1.29 is 9.72 Å². The van der Waals surface area contributed by atoms with E-state index in [1.807, 2.05) is 21.7 Å². The number of amides is 1. The molecule has 1 aromatic carbocycles. The third kappa shape index (κ3) is 4.81. The van der Waals surface area contributed by atoms with E-state index in [1.54, 1.807) is 12.3 Å². The summed E-state index contributed by atoms with van der Waals surface area (Å²) in [6.45, 7) is 3.82. The number of rotatable bonds is 6. The highest BCUT2D eigenvalue weighted by molar-refractivity contribution is 9.10. The zero-order valence-electron chi connectivity index (χ0n) is 20.5. The molecule has 1 amide bonds. The number of carbonyl (C=O) groups is 1. The second kappa shape index (κ2) is 9.50. The van der Waals surface area contributed by atoms with E-state index in [4.69, 9.17) is 23.2 Å². The molecule has 0 radical (unpaired) electrons. The second-order valence-electron chi connectivity index (χ2n) is 11.8. The van der Waals surface area contributed by atoms with Crippen molar-refractivity contribution in [3.63, 3.8) is 0 Å². The molecule has 4 aliphatic carbocycles. The average Bonchev–Trinajstić information content (AvgIpc) is 3.23. The molecule has 7 rings (SSSR count). The normalized spacial score (nSPS) is 31.2. The van der Waals surface area contributed by atoms with E-state index < -0.39 is 4.92 Å². The van der Waals surface area contributed by atoms with Gasteiger partial charge < -0.3 is 15.0 Å². The van der Waals surface area contributed by atoms with Crippen molar-refractivity contribution >= 4 is 50.9 Å². The van der Waals surface area contributed by atoms with Gasteiger partial charge in [0.1, 0.15) is 4.47 Å². The summed E-state index contributed by atoms with van der Waals surface area (Å²) in [6, 6.07) is 5.61. The number of halogens is 3. The summed E-state index contributed by atoms with van der Waals surface area (Å²) < 4.78 is 2.29. The van der Waals surface area contributed by atoms with Crippen LogP contribution in [0.2, 0.25) is 10.0 Å². The Morgan fingerprint density at radius 2 is 1.84 bits per heavy atom. The van der Waals surface area contributed by atoms with Crippen LogP contribution in [0.3, 0.4) is 0 Å². The molecule has 1 aliphatic heterocycles. The van der Waals surface area contributed by atoms with Gasteiger partial charge in [-0.15, -0.1) is 0 Å². The predicted molar refractivity (Wildman–Crippen MR) is 145 cm³/mol. The summed E-state index contributed by atoms with van der Waals surface area (Å²) in [5.74, 6) is 1.22. The van der Waals surface area contributed by atoms with Crippen molar-refractivity contribution in [3.05, 3.63) is 54.6 Å². The fourth-order valence-corrected chi connectivity index (χ4v) is 8.95. The van der Waals surface area contributed by atoms with E-state index in [9.17, 15) is 14.9 Å². The molecule has 5 fully saturated rings. The van der Waals surface area contributed by atoms with Crippen LogP contribution in [0.1, 0.15) is 50.5 Å². The Bertz CT molecular complexity index is 1230. The predicted octanol–water partition coefficient (Wildman–Crippen LogP) is 5.89. The summed E-state index contributed by atoms with van der Waals surface area (Å²) in [7, 11) is 0. The van der Waals surface area contributed by atoms with E-state index in [1.165, 1.54) is 6.42 Å². The van der Waals surface area contributed by atoms with Crippen LogP contribution in [0.5, 0.6) is 0 Å². The summed E-state index contributed by atoms with van der Waals surface area (Å²) in [5, 5.41) is 17.2. The van der Waals surface area contributed by atoms with Crippen LogP contribution < -0.4 is 0 Å². The first-order valence-electron chi connectivity index (χ1n) is 13.0. The number of aromatic nitrogens is 2. The molecule has 4 saturated carbocycles. The molecule has 37 heavy (non-hydrogen) atoms. The SMILES string of the molecule is O=C(CC12CC3CC(C1)CC(n1cc(Br)c([N+](=O)[O-])n1)(C3)C2)N1CCN(Cc2ccc(Cl)cc2Cl)CC1. The molecule has 198 valence electrons.